The van der Waals surface area contributed by atoms with Crippen LogP contribution in [0.1, 0.15) is 21.7 Å². The SMILES string of the molecule is Cc1ccccc1CN(C)c1nc(C)c(CO)s1. The Labute approximate surface area is 112 Å². The quantitative estimate of drug-likeness (QED) is 0.920. The first-order valence-corrected chi connectivity index (χ1v) is 6.76. The fraction of sp³-hybridized carbons (Fsp3) is 0.357. The first kappa shape index (κ1) is 13.1. The molecule has 2 aromatic rings. The number of nitrogens with zero attached hydrogens (tertiary/aromatic N) is 2. The van der Waals surface area contributed by atoms with Crippen molar-refractivity contribution in [1.82, 2.24) is 4.98 Å². The highest BCUT2D eigenvalue weighted by Gasteiger charge is 2.11. The van der Waals surface area contributed by atoms with Gasteiger partial charge in [0.05, 0.1) is 17.2 Å². The molecule has 0 amide bonds. The number of thiazole rings is 1. The van der Waals surface area contributed by atoms with Crippen molar-refractivity contribution in [3.63, 3.8) is 0 Å². The molecule has 18 heavy (non-hydrogen) atoms. The zero-order valence-electron chi connectivity index (χ0n) is 11.0. The van der Waals surface area contributed by atoms with E-state index in [2.05, 4.69) is 41.1 Å². The second-order valence-electron chi connectivity index (χ2n) is 4.45. The van der Waals surface area contributed by atoms with E-state index < -0.39 is 0 Å². The van der Waals surface area contributed by atoms with Crippen molar-refractivity contribution in [3.8, 4) is 0 Å². The zero-order valence-corrected chi connectivity index (χ0v) is 11.8. The molecule has 0 bridgehead atoms. The van der Waals surface area contributed by atoms with Crippen LogP contribution in [0.15, 0.2) is 24.3 Å². The highest BCUT2D eigenvalue weighted by Crippen LogP contribution is 2.26. The summed E-state index contributed by atoms with van der Waals surface area (Å²) >= 11 is 1.56. The molecule has 0 aliphatic carbocycles. The van der Waals surface area contributed by atoms with Crippen LogP contribution in [0, 0.1) is 13.8 Å². The summed E-state index contributed by atoms with van der Waals surface area (Å²) in [4.78, 5) is 7.56. The number of anilines is 1. The molecule has 1 aromatic carbocycles. The van der Waals surface area contributed by atoms with Crippen molar-refractivity contribution in [3.05, 3.63) is 46.0 Å². The van der Waals surface area contributed by atoms with Gasteiger partial charge in [-0.1, -0.05) is 35.6 Å². The van der Waals surface area contributed by atoms with E-state index in [0.717, 1.165) is 22.2 Å². The molecule has 0 aliphatic rings. The largest absolute Gasteiger partial charge is 0.391 e. The summed E-state index contributed by atoms with van der Waals surface area (Å²) in [6.07, 6.45) is 0. The van der Waals surface area contributed by atoms with Gasteiger partial charge in [-0.25, -0.2) is 4.98 Å². The molecule has 3 nitrogen and oxygen atoms in total. The normalized spacial score (nSPS) is 10.7. The molecule has 96 valence electrons. The molecule has 0 radical (unpaired) electrons. The Hall–Kier alpha value is -1.39. The maximum atomic E-state index is 9.20. The Morgan fingerprint density at radius 1 is 1.28 bits per heavy atom. The van der Waals surface area contributed by atoms with Crippen molar-refractivity contribution in [2.24, 2.45) is 0 Å². The first-order valence-electron chi connectivity index (χ1n) is 5.94. The molecule has 0 saturated carbocycles. The van der Waals surface area contributed by atoms with E-state index in [4.69, 9.17) is 0 Å². The van der Waals surface area contributed by atoms with Crippen molar-refractivity contribution < 1.29 is 5.11 Å². The second-order valence-corrected chi connectivity index (χ2v) is 5.51. The number of benzene rings is 1. The Balaban J connectivity index is 2.16. The summed E-state index contributed by atoms with van der Waals surface area (Å²) in [6, 6.07) is 8.37. The van der Waals surface area contributed by atoms with Gasteiger partial charge in [-0.3, -0.25) is 0 Å². The van der Waals surface area contributed by atoms with Crippen LogP contribution in [0.4, 0.5) is 5.13 Å². The summed E-state index contributed by atoms with van der Waals surface area (Å²) in [5.74, 6) is 0. The highest BCUT2D eigenvalue weighted by atomic mass is 32.1. The van der Waals surface area contributed by atoms with Crippen molar-refractivity contribution in [1.29, 1.82) is 0 Å². The Morgan fingerprint density at radius 2 is 2.00 bits per heavy atom. The monoisotopic (exact) mass is 262 g/mol. The fourth-order valence-electron chi connectivity index (χ4n) is 1.83. The van der Waals surface area contributed by atoms with E-state index in [1.165, 1.54) is 11.1 Å². The van der Waals surface area contributed by atoms with Gasteiger partial charge < -0.3 is 10.0 Å². The lowest BCUT2D eigenvalue weighted by atomic mass is 10.1. The van der Waals surface area contributed by atoms with Gasteiger partial charge in [0, 0.05) is 13.6 Å². The summed E-state index contributed by atoms with van der Waals surface area (Å²) in [6.45, 7) is 4.97. The third kappa shape index (κ3) is 2.71. The molecule has 1 N–H and O–H groups in total. The van der Waals surface area contributed by atoms with Crippen molar-refractivity contribution in [2.45, 2.75) is 27.0 Å². The number of rotatable bonds is 4. The molecule has 0 aliphatic heterocycles. The van der Waals surface area contributed by atoms with E-state index in [1.54, 1.807) is 11.3 Å². The molecule has 4 heteroatoms. The number of aromatic nitrogens is 1. The molecule has 0 atom stereocenters. The molecular weight excluding hydrogens is 244 g/mol. The third-order valence-corrected chi connectivity index (χ3v) is 4.28. The molecule has 1 heterocycles. The molecule has 2 rings (SSSR count). The Kier molecular flexibility index (Phi) is 3.99. The summed E-state index contributed by atoms with van der Waals surface area (Å²) in [5.41, 5.74) is 3.52. The number of aliphatic hydroxyl groups is 1. The van der Waals surface area contributed by atoms with Crippen LogP contribution in [0.2, 0.25) is 0 Å². The zero-order chi connectivity index (χ0) is 13.1. The lowest BCUT2D eigenvalue weighted by molar-refractivity contribution is 0.284. The van der Waals surface area contributed by atoms with E-state index in [0.29, 0.717) is 0 Å². The number of hydrogen-bond acceptors (Lipinski definition) is 4. The van der Waals surface area contributed by atoms with E-state index in [9.17, 15) is 5.11 Å². The van der Waals surface area contributed by atoms with Crippen LogP contribution in [0.5, 0.6) is 0 Å². The van der Waals surface area contributed by atoms with Gasteiger partial charge in [0.1, 0.15) is 0 Å². The predicted molar refractivity (Wildman–Crippen MR) is 76.1 cm³/mol. The van der Waals surface area contributed by atoms with Crippen LogP contribution < -0.4 is 4.90 Å². The van der Waals surface area contributed by atoms with Crippen molar-refractivity contribution >= 4 is 16.5 Å². The maximum absolute atomic E-state index is 9.20. The van der Waals surface area contributed by atoms with Crippen LogP contribution in [-0.2, 0) is 13.2 Å². The summed E-state index contributed by atoms with van der Waals surface area (Å²) in [5, 5.41) is 10.2. The van der Waals surface area contributed by atoms with Gasteiger partial charge in [0.15, 0.2) is 5.13 Å². The third-order valence-electron chi connectivity index (χ3n) is 3.02. The topological polar surface area (TPSA) is 36.4 Å². The molecular formula is C14H18N2OS. The highest BCUT2D eigenvalue weighted by molar-refractivity contribution is 7.15. The van der Waals surface area contributed by atoms with E-state index in [1.807, 2.05) is 14.0 Å². The first-order chi connectivity index (χ1) is 8.61. The number of hydrogen-bond donors (Lipinski definition) is 1. The Bertz CT molecular complexity index is 536. The average molecular weight is 262 g/mol. The van der Waals surface area contributed by atoms with Crippen molar-refractivity contribution in [2.75, 3.05) is 11.9 Å². The maximum Gasteiger partial charge on any atom is 0.185 e. The van der Waals surface area contributed by atoms with Crippen LogP contribution in [-0.4, -0.2) is 17.1 Å². The van der Waals surface area contributed by atoms with E-state index in [-0.39, 0.29) is 6.61 Å². The van der Waals surface area contributed by atoms with Gasteiger partial charge in [-0.2, -0.15) is 0 Å². The minimum atomic E-state index is 0.0711. The summed E-state index contributed by atoms with van der Waals surface area (Å²) < 4.78 is 0. The molecule has 0 unspecified atom stereocenters. The van der Waals surface area contributed by atoms with Crippen LogP contribution in [0.25, 0.3) is 0 Å². The minimum Gasteiger partial charge on any atom is -0.391 e. The molecule has 1 aromatic heterocycles. The number of aliphatic hydroxyl groups excluding tert-OH is 1. The lowest BCUT2D eigenvalue weighted by Gasteiger charge is -2.17. The van der Waals surface area contributed by atoms with E-state index >= 15 is 0 Å². The van der Waals surface area contributed by atoms with Gasteiger partial charge in [0.2, 0.25) is 0 Å². The summed E-state index contributed by atoms with van der Waals surface area (Å²) in [7, 11) is 2.03. The lowest BCUT2D eigenvalue weighted by Crippen LogP contribution is -2.16. The molecule has 0 spiro atoms. The van der Waals surface area contributed by atoms with Crippen LogP contribution >= 0.6 is 11.3 Å². The fourth-order valence-corrected chi connectivity index (χ4v) is 2.71. The Morgan fingerprint density at radius 3 is 2.61 bits per heavy atom. The average Bonchev–Trinajstić information content (AvgIpc) is 2.73. The van der Waals surface area contributed by atoms with Gasteiger partial charge >= 0.3 is 0 Å². The predicted octanol–water partition coefficient (Wildman–Crippen LogP) is 2.89. The van der Waals surface area contributed by atoms with Gasteiger partial charge in [-0.15, -0.1) is 0 Å². The molecule has 0 saturated heterocycles. The van der Waals surface area contributed by atoms with Gasteiger partial charge in [0.25, 0.3) is 0 Å². The smallest absolute Gasteiger partial charge is 0.185 e. The van der Waals surface area contributed by atoms with Gasteiger partial charge in [-0.05, 0) is 25.0 Å². The van der Waals surface area contributed by atoms with Crippen LogP contribution in [0.3, 0.4) is 0 Å². The molecule has 0 fully saturated rings. The minimum absolute atomic E-state index is 0.0711. The second kappa shape index (κ2) is 5.50. The standard InChI is InChI=1S/C14H18N2OS/c1-10-6-4-5-7-12(10)8-16(3)14-15-11(2)13(9-17)18-14/h4-7,17H,8-9H2,1-3H3. The number of aryl methyl sites for hydroxylation is 2.